The molecule has 0 radical (unpaired) electrons. The van der Waals surface area contributed by atoms with E-state index in [2.05, 4.69) is 5.32 Å². The van der Waals surface area contributed by atoms with Crippen molar-refractivity contribution in [3.05, 3.63) is 58.4 Å². The van der Waals surface area contributed by atoms with Crippen LogP contribution in [0.4, 0.5) is 10.1 Å². The predicted molar refractivity (Wildman–Crippen MR) is 91.4 cm³/mol. The van der Waals surface area contributed by atoms with Gasteiger partial charge in [-0.25, -0.2) is 17.1 Å². The van der Waals surface area contributed by atoms with Gasteiger partial charge in [0.05, 0.1) is 10.5 Å². The summed E-state index contributed by atoms with van der Waals surface area (Å²) in [5.74, 6) is -1.58. The molecule has 24 heavy (non-hydrogen) atoms. The lowest BCUT2D eigenvalue weighted by Gasteiger charge is -2.13. The number of carbonyl (C=O) groups is 1. The molecule has 1 N–H and O–H groups in total. The number of sulfonamides is 1. The lowest BCUT2D eigenvalue weighted by atomic mass is 10.2. The molecule has 0 heterocycles. The summed E-state index contributed by atoms with van der Waals surface area (Å²) < 4.78 is 39.2. The summed E-state index contributed by atoms with van der Waals surface area (Å²) in [6, 6.07) is 7.94. The quantitative estimate of drug-likeness (QED) is 0.898. The minimum atomic E-state index is -3.77. The Hall–Kier alpha value is -1.96. The number of carbonyl (C=O) groups excluding carboxylic acids is 1. The number of halogens is 2. The fourth-order valence-electron chi connectivity index (χ4n) is 1.92. The Labute approximate surface area is 145 Å². The van der Waals surface area contributed by atoms with Crippen LogP contribution in [-0.4, -0.2) is 32.7 Å². The topological polar surface area (TPSA) is 66.5 Å². The number of anilines is 1. The first kappa shape index (κ1) is 18.4. The molecular weight excluding hydrogens is 355 g/mol. The first-order valence-electron chi connectivity index (χ1n) is 6.92. The summed E-state index contributed by atoms with van der Waals surface area (Å²) in [5, 5.41) is 2.96. The number of rotatable bonds is 4. The zero-order valence-corrected chi connectivity index (χ0v) is 14.9. The molecule has 0 atom stereocenters. The third kappa shape index (κ3) is 3.75. The van der Waals surface area contributed by atoms with E-state index < -0.39 is 21.7 Å². The lowest BCUT2D eigenvalue weighted by molar-refractivity contribution is 0.102. The molecule has 1 amide bonds. The predicted octanol–water partition coefficient (Wildman–Crippen LogP) is 3.29. The number of nitrogens with one attached hydrogen (secondary N) is 1. The minimum Gasteiger partial charge on any atom is -0.322 e. The van der Waals surface area contributed by atoms with Gasteiger partial charge < -0.3 is 5.32 Å². The van der Waals surface area contributed by atoms with Gasteiger partial charge in [0, 0.05) is 24.8 Å². The van der Waals surface area contributed by atoms with E-state index in [9.17, 15) is 17.6 Å². The van der Waals surface area contributed by atoms with Crippen LogP contribution in [0, 0.1) is 12.7 Å². The second-order valence-electron chi connectivity index (χ2n) is 5.35. The van der Waals surface area contributed by atoms with Crippen LogP contribution in [0.3, 0.4) is 0 Å². The summed E-state index contributed by atoms with van der Waals surface area (Å²) in [7, 11) is -1.06. The Bertz CT molecular complexity index is 898. The van der Waals surface area contributed by atoms with Crippen LogP contribution in [0.2, 0.25) is 5.02 Å². The largest absolute Gasteiger partial charge is 0.322 e. The van der Waals surface area contributed by atoms with Crippen molar-refractivity contribution in [1.82, 2.24) is 4.31 Å². The van der Waals surface area contributed by atoms with Gasteiger partial charge in [0.2, 0.25) is 10.0 Å². The normalized spacial score (nSPS) is 11.6. The number of nitrogens with zero attached hydrogens (tertiary/aromatic N) is 1. The SMILES string of the molecule is Cc1ccc(NC(=O)c2cc(S(=O)(=O)N(C)C)ccc2F)cc1Cl. The monoisotopic (exact) mass is 370 g/mol. The molecule has 0 saturated heterocycles. The maximum Gasteiger partial charge on any atom is 0.258 e. The average molecular weight is 371 g/mol. The van der Waals surface area contributed by atoms with Crippen molar-refractivity contribution in [2.24, 2.45) is 0 Å². The number of amides is 1. The molecule has 128 valence electrons. The van der Waals surface area contributed by atoms with Crippen molar-refractivity contribution in [2.75, 3.05) is 19.4 Å². The summed E-state index contributed by atoms with van der Waals surface area (Å²) >= 11 is 5.98. The first-order valence-corrected chi connectivity index (χ1v) is 8.74. The number of hydrogen-bond donors (Lipinski definition) is 1. The van der Waals surface area contributed by atoms with Crippen LogP contribution >= 0.6 is 11.6 Å². The second-order valence-corrected chi connectivity index (χ2v) is 7.91. The molecule has 2 aromatic rings. The van der Waals surface area contributed by atoms with Crippen molar-refractivity contribution in [3.63, 3.8) is 0 Å². The summed E-state index contributed by atoms with van der Waals surface area (Å²) in [6.45, 7) is 1.81. The zero-order chi connectivity index (χ0) is 18.1. The van der Waals surface area contributed by atoms with Crippen molar-refractivity contribution in [2.45, 2.75) is 11.8 Å². The van der Waals surface area contributed by atoms with Crippen molar-refractivity contribution >= 4 is 33.2 Å². The smallest absolute Gasteiger partial charge is 0.258 e. The van der Waals surface area contributed by atoms with Gasteiger partial charge in [-0.15, -0.1) is 0 Å². The average Bonchev–Trinajstić information content (AvgIpc) is 2.51. The Morgan fingerprint density at radius 3 is 2.42 bits per heavy atom. The number of aryl methyl sites for hydroxylation is 1. The minimum absolute atomic E-state index is 0.166. The van der Waals surface area contributed by atoms with Gasteiger partial charge in [0.25, 0.3) is 5.91 Å². The maximum atomic E-state index is 14.0. The Morgan fingerprint density at radius 1 is 1.17 bits per heavy atom. The van der Waals surface area contributed by atoms with Crippen LogP contribution in [0.5, 0.6) is 0 Å². The van der Waals surface area contributed by atoms with Crippen LogP contribution in [-0.2, 0) is 10.0 Å². The van der Waals surface area contributed by atoms with Crippen LogP contribution < -0.4 is 5.32 Å². The highest BCUT2D eigenvalue weighted by Gasteiger charge is 2.21. The molecule has 0 aliphatic rings. The lowest BCUT2D eigenvalue weighted by Crippen LogP contribution is -2.23. The Balaban J connectivity index is 2.37. The van der Waals surface area contributed by atoms with Crippen LogP contribution in [0.25, 0.3) is 0 Å². The van der Waals surface area contributed by atoms with E-state index in [1.807, 2.05) is 6.92 Å². The van der Waals surface area contributed by atoms with E-state index in [4.69, 9.17) is 11.6 Å². The van der Waals surface area contributed by atoms with Crippen molar-refractivity contribution in [3.8, 4) is 0 Å². The summed E-state index contributed by atoms with van der Waals surface area (Å²) in [5.41, 5.74) is 0.852. The summed E-state index contributed by atoms with van der Waals surface area (Å²) in [6.07, 6.45) is 0. The first-order chi connectivity index (χ1) is 11.1. The molecular formula is C16H16ClFN2O3S. The highest BCUT2D eigenvalue weighted by Crippen LogP contribution is 2.22. The standard InChI is InChI=1S/C16H16ClFN2O3S/c1-10-4-5-11(8-14(10)17)19-16(21)13-9-12(6-7-15(13)18)24(22,23)20(2)3/h4-9H,1-3H3,(H,19,21). The van der Waals surface area contributed by atoms with Gasteiger partial charge in [-0.2, -0.15) is 0 Å². The molecule has 2 aromatic carbocycles. The molecule has 0 aromatic heterocycles. The van der Waals surface area contributed by atoms with E-state index in [0.29, 0.717) is 10.7 Å². The van der Waals surface area contributed by atoms with Gasteiger partial charge in [-0.05, 0) is 42.8 Å². The van der Waals surface area contributed by atoms with Crippen molar-refractivity contribution in [1.29, 1.82) is 0 Å². The van der Waals surface area contributed by atoms with E-state index in [1.54, 1.807) is 12.1 Å². The number of benzene rings is 2. The van der Waals surface area contributed by atoms with E-state index in [0.717, 1.165) is 28.1 Å². The summed E-state index contributed by atoms with van der Waals surface area (Å²) in [4.78, 5) is 12.1. The fourth-order valence-corrected chi connectivity index (χ4v) is 3.03. The molecule has 8 heteroatoms. The molecule has 0 saturated carbocycles. The second kappa shape index (κ2) is 6.88. The molecule has 5 nitrogen and oxygen atoms in total. The molecule has 0 fully saturated rings. The third-order valence-corrected chi connectivity index (χ3v) is 5.61. The van der Waals surface area contributed by atoms with Gasteiger partial charge in [-0.3, -0.25) is 4.79 Å². The zero-order valence-electron chi connectivity index (χ0n) is 13.3. The molecule has 2 rings (SSSR count). The molecule has 0 bridgehead atoms. The molecule has 0 aliphatic heterocycles. The Morgan fingerprint density at radius 2 is 1.83 bits per heavy atom. The Kier molecular flexibility index (Phi) is 5.27. The van der Waals surface area contributed by atoms with Gasteiger partial charge in [0.15, 0.2) is 0 Å². The maximum absolute atomic E-state index is 14.0. The van der Waals surface area contributed by atoms with E-state index in [-0.39, 0.29) is 10.5 Å². The van der Waals surface area contributed by atoms with Crippen LogP contribution in [0.15, 0.2) is 41.3 Å². The highest BCUT2D eigenvalue weighted by molar-refractivity contribution is 7.89. The highest BCUT2D eigenvalue weighted by atomic mass is 35.5. The van der Waals surface area contributed by atoms with Gasteiger partial charge in [-0.1, -0.05) is 17.7 Å². The van der Waals surface area contributed by atoms with Crippen molar-refractivity contribution < 1.29 is 17.6 Å². The fraction of sp³-hybridized carbons (Fsp3) is 0.188. The van der Waals surface area contributed by atoms with Gasteiger partial charge >= 0.3 is 0 Å². The van der Waals surface area contributed by atoms with E-state index in [1.165, 1.54) is 20.2 Å². The molecule has 0 spiro atoms. The van der Waals surface area contributed by atoms with E-state index >= 15 is 0 Å². The molecule has 0 unspecified atom stereocenters. The van der Waals surface area contributed by atoms with Crippen LogP contribution in [0.1, 0.15) is 15.9 Å². The van der Waals surface area contributed by atoms with Gasteiger partial charge in [0.1, 0.15) is 5.82 Å². The third-order valence-electron chi connectivity index (χ3n) is 3.39. The number of hydrogen-bond acceptors (Lipinski definition) is 3. The molecule has 0 aliphatic carbocycles.